The van der Waals surface area contributed by atoms with Crippen LogP contribution in [-0.4, -0.2) is 25.3 Å². The third-order valence-corrected chi connectivity index (χ3v) is 26.2. The van der Waals surface area contributed by atoms with Crippen LogP contribution in [0, 0.1) is 0 Å². The van der Waals surface area contributed by atoms with Crippen molar-refractivity contribution < 1.29 is 13.7 Å². The molecule has 0 radical (unpaired) electrons. The lowest BCUT2D eigenvalue weighted by Gasteiger charge is -2.35. The van der Waals surface area contributed by atoms with Crippen molar-refractivity contribution in [2.24, 2.45) is 0 Å². The van der Waals surface area contributed by atoms with E-state index >= 15 is 0 Å². The van der Waals surface area contributed by atoms with Gasteiger partial charge in [0.1, 0.15) is 0 Å². The van der Waals surface area contributed by atoms with Crippen LogP contribution >= 0.6 is 0 Å². The molecule has 15 aromatic rings. The van der Waals surface area contributed by atoms with E-state index in [4.69, 9.17) is 8.22 Å². The number of para-hydroxylation sites is 2. The molecule has 0 bridgehead atoms. The topological polar surface area (TPSA) is 9.86 Å². The fourth-order valence-corrected chi connectivity index (χ4v) is 23.4. The third-order valence-electron chi connectivity index (χ3n) is 16.6. The van der Waals surface area contributed by atoms with Crippen molar-refractivity contribution in [3.05, 3.63) is 339 Å². The molecule has 2 aromatic heterocycles. The van der Waals surface area contributed by atoms with Crippen LogP contribution < -0.4 is 41.5 Å². The molecule has 0 unspecified atom stereocenters. The summed E-state index contributed by atoms with van der Waals surface area (Å²) >= 11 is 0. The van der Waals surface area contributed by atoms with E-state index in [1.54, 1.807) is 18.2 Å². The summed E-state index contributed by atoms with van der Waals surface area (Å²) in [5.74, 6) is 0. The largest absolute Gasteiger partial charge is 0.309 e. The van der Waals surface area contributed by atoms with Gasteiger partial charge in [-0.25, -0.2) is 0 Å². The Bertz CT molecular complexity index is 5060. The average Bonchev–Trinajstić information content (AvgIpc) is 1.46. The number of rotatable bonds is 12. The second-order valence-corrected chi connectivity index (χ2v) is 28.2. The van der Waals surface area contributed by atoms with Crippen LogP contribution in [-0.2, 0) is 0 Å². The molecule has 0 N–H and O–H groups in total. The average molecular weight is 1090 g/mol. The smallest absolute Gasteiger partial charge is 0.180 e. The van der Waals surface area contributed by atoms with Gasteiger partial charge in [0.15, 0.2) is 16.1 Å². The first-order chi connectivity index (χ1) is 44.9. The second kappa shape index (κ2) is 20.5. The highest BCUT2D eigenvalue weighted by Crippen LogP contribution is 2.43. The summed E-state index contributed by atoms with van der Waals surface area (Å²) in [4.78, 5) is 0. The lowest BCUT2D eigenvalue weighted by molar-refractivity contribution is 1.17. The number of fused-ring (bicyclic) bond motifs is 6. The van der Waals surface area contributed by atoms with E-state index in [9.17, 15) is 5.48 Å². The molecule has 0 amide bonds. The predicted molar refractivity (Wildman–Crippen MR) is 353 cm³/mol. The number of benzene rings is 13. The van der Waals surface area contributed by atoms with E-state index in [-0.39, 0.29) is 27.9 Å². The maximum Gasteiger partial charge on any atom is 0.180 e. The molecule has 0 saturated carbocycles. The first-order valence-corrected chi connectivity index (χ1v) is 31.6. The fraction of sp³-hybridized carbons (Fsp3) is 0. The van der Waals surface area contributed by atoms with Crippen molar-refractivity contribution in [3.8, 4) is 33.6 Å². The summed E-state index contributed by atoms with van der Waals surface area (Å²) < 4.78 is 96.4. The van der Waals surface area contributed by atoms with E-state index in [0.717, 1.165) is 59.0 Å². The monoisotopic (exact) mass is 1090 g/mol. The molecule has 0 saturated heterocycles. The van der Waals surface area contributed by atoms with Crippen LogP contribution in [0.5, 0.6) is 0 Å². The molecule has 82 heavy (non-hydrogen) atoms. The zero-order chi connectivity index (χ0) is 63.2. The molecule has 386 valence electrons. The minimum atomic E-state index is -3.48. The Morgan fingerprint density at radius 3 is 1.04 bits per heavy atom. The highest BCUT2D eigenvalue weighted by atomic mass is 28.3. The molecule has 0 aliphatic heterocycles. The molecular formula is C78H56N2Si2. The number of nitrogens with zero attached hydrogens (tertiary/aromatic N) is 2. The molecule has 0 aliphatic carbocycles. The normalized spacial score (nSPS) is 13.6. The second-order valence-electron chi connectivity index (χ2n) is 20.7. The molecule has 13 aromatic carbocycles. The Labute approximate surface area is 494 Å². The van der Waals surface area contributed by atoms with Gasteiger partial charge in [0.2, 0.25) is 0 Å². The number of aromatic nitrogens is 2. The highest BCUT2D eigenvalue weighted by Gasteiger charge is 2.45. The number of hydrogen-bond donors (Lipinski definition) is 0. The summed E-state index contributed by atoms with van der Waals surface area (Å²) in [6.07, 6.45) is 0. The molecule has 0 atom stereocenters. The minimum Gasteiger partial charge on any atom is -0.309 e. The van der Waals surface area contributed by atoms with Crippen molar-refractivity contribution in [2.75, 3.05) is 0 Å². The summed E-state index contributed by atoms with van der Waals surface area (Å²) in [7, 11) is -6.62. The van der Waals surface area contributed by atoms with E-state index in [2.05, 4.69) is 241 Å². The van der Waals surface area contributed by atoms with Gasteiger partial charge < -0.3 is 9.13 Å². The van der Waals surface area contributed by atoms with Crippen LogP contribution in [0.25, 0.3) is 77.2 Å². The zero-order valence-corrected chi connectivity index (χ0v) is 46.5. The maximum absolute atomic E-state index is 9.58. The van der Waals surface area contributed by atoms with Crippen LogP contribution in [0.15, 0.2) is 339 Å². The Kier molecular flexibility index (Phi) is 9.84. The van der Waals surface area contributed by atoms with Gasteiger partial charge in [-0.1, -0.05) is 303 Å². The number of hydrogen-bond acceptors (Lipinski definition) is 0. The third kappa shape index (κ3) is 7.68. The quantitative estimate of drug-likeness (QED) is 0.0852. The summed E-state index contributed by atoms with van der Waals surface area (Å²) in [5.41, 5.74) is 4.66. The SMILES string of the molecule is [2H]c1c([2H])c([2H])c(-c2cccc(-c3c([2H])c([2H])c([2H])c([2H])c3[2H])c2-n2c3ccc(-n4c5ccccc5c5c([Si](c6ccccc6)(c6ccccc6)c6ccccc6)cccc54)cc3c3c([Si](c4ccccc4)(c4ccccc4)c4ccccc4)cccc32)c([2H])c1[2H]. The molecular weight excluding hydrogens is 1020 g/mol. The van der Waals surface area contributed by atoms with E-state index in [1.165, 1.54) is 20.7 Å². The van der Waals surface area contributed by atoms with Gasteiger partial charge in [0.25, 0.3) is 0 Å². The van der Waals surface area contributed by atoms with Crippen molar-refractivity contribution in [1.29, 1.82) is 0 Å². The van der Waals surface area contributed by atoms with Gasteiger partial charge in [-0.2, -0.15) is 0 Å². The lowest BCUT2D eigenvalue weighted by Crippen LogP contribution is -2.74. The van der Waals surface area contributed by atoms with Crippen molar-refractivity contribution >= 4 is 101 Å². The van der Waals surface area contributed by atoms with Gasteiger partial charge in [-0.3, -0.25) is 0 Å². The van der Waals surface area contributed by atoms with Gasteiger partial charge in [0.05, 0.1) is 41.5 Å². The van der Waals surface area contributed by atoms with E-state index < -0.39 is 76.6 Å². The molecule has 4 heteroatoms. The molecule has 0 fully saturated rings. The highest BCUT2D eigenvalue weighted by molar-refractivity contribution is 7.21. The van der Waals surface area contributed by atoms with E-state index in [1.807, 2.05) is 28.8 Å². The standard InChI is InChI=1S/C78H56N2Si2/c1-9-30-57(31-10-1)66-47-27-48-67(58-32-11-2-12-33-58)78(66)80-71-55-54-59(56-69(71)77-73(80)51-29-53-75(77)82(63-40-19-6-20-41-63,64-42-21-7-22-43-64)65-44-23-8-24-45-65)79-70-49-26-25-46-68(70)76-72(79)50-28-52-74(76)81(60-34-13-3-14-35-60,61-36-15-4-16-37-61)62-38-17-5-18-39-62/h1-56H/i1D,2D,9D,10D,11D,12D,30D,31D,32D,33D. The van der Waals surface area contributed by atoms with Crippen LogP contribution in [0.1, 0.15) is 13.7 Å². The Hall–Kier alpha value is -10.1. The van der Waals surface area contributed by atoms with Gasteiger partial charge in [-0.05, 0) is 89.0 Å². The first-order valence-electron chi connectivity index (χ1n) is 32.6. The van der Waals surface area contributed by atoms with Crippen molar-refractivity contribution in [3.63, 3.8) is 0 Å². The first kappa shape index (κ1) is 39.3. The Morgan fingerprint density at radius 1 is 0.268 bits per heavy atom. The molecule has 15 rings (SSSR count). The van der Waals surface area contributed by atoms with E-state index in [0.29, 0.717) is 11.0 Å². The summed E-state index contributed by atoms with van der Waals surface area (Å²) in [6, 6.07) is 93.0. The van der Waals surface area contributed by atoms with Crippen LogP contribution in [0.3, 0.4) is 0 Å². The Morgan fingerprint density at radius 2 is 0.610 bits per heavy atom. The van der Waals surface area contributed by atoms with Gasteiger partial charge >= 0.3 is 0 Å². The molecule has 0 spiro atoms. The maximum atomic E-state index is 9.58. The van der Waals surface area contributed by atoms with Gasteiger partial charge in [0, 0.05) is 38.4 Å². The molecule has 0 aliphatic rings. The summed E-state index contributed by atoms with van der Waals surface area (Å²) in [5, 5.41) is 13.3. The lowest BCUT2D eigenvalue weighted by atomic mass is 9.95. The van der Waals surface area contributed by atoms with Crippen molar-refractivity contribution in [1.82, 2.24) is 9.13 Å². The minimum absolute atomic E-state index is 0.105. The van der Waals surface area contributed by atoms with Crippen LogP contribution in [0.2, 0.25) is 0 Å². The van der Waals surface area contributed by atoms with Crippen LogP contribution in [0.4, 0.5) is 0 Å². The Balaban J connectivity index is 1.14. The predicted octanol–water partition coefficient (Wildman–Crippen LogP) is 14.0. The summed E-state index contributed by atoms with van der Waals surface area (Å²) in [6.45, 7) is 0. The molecule has 2 heterocycles. The van der Waals surface area contributed by atoms with Gasteiger partial charge in [-0.15, -0.1) is 0 Å². The molecule has 2 nitrogen and oxygen atoms in total. The zero-order valence-electron chi connectivity index (χ0n) is 54.5. The van der Waals surface area contributed by atoms with Crippen molar-refractivity contribution in [2.45, 2.75) is 0 Å². The fourth-order valence-electron chi connectivity index (χ4n) is 13.4.